The minimum atomic E-state index is -3.57. The summed E-state index contributed by atoms with van der Waals surface area (Å²) in [6, 6.07) is 11.8. The molecule has 1 fully saturated rings. The van der Waals surface area contributed by atoms with Crippen molar-refractivity contribution >= 4 is 37.5 Å². The van der Waals surface area contributed by atoms with Gasteiger partial charge in [-0.3, -0.25) is 4.79 Å². The minimum Gasteiger partial charge on any atom is -0.494 e. The maximum atomic E-state index is 13.0. The molecule has 1 saturated heterocycles. The third kappa shape index (κ3) is 4.37. The van der Waals surface area contributed by atoms with Crippen LogP contribution in [0, 0.1) is 0 Å². The Hall–Kier alpha value is -2.49. The molecule has 1 aliphatic rings. The number of thiazole rings is 1. The largest absolute Gasteiger partial charge is 0.494 e. The van der Waals surface area contributed by atoms with Crippen molar-refractivity contribution in [2.45, 2.75) is 44.0 Å². The van der Waals surface area contributed by atoms with Crippen molar-refractivity contribution in [1.82, 2.24) is 8.87 Å². The Morgan fingerprint density at radius 3 is 2.62 bits per heavy atom. The minimum absolute atomic E-state index is 0.0127. The number of hydrogen-bond donors (Lipinski definition) is 0. The molecule has 2 aromatic carbocycles. The van der Waals surface area contributed by atoms with E-state index in [-0.39, 0.29) is 10.9 Å². The molecule has 0 unspecified atom stereocenters. The maximum absolute atomic E-state index is 13.0. The molecule has 0 radical (unpaired) electrons. The van der Waals surface area contributed by atoms with E-state index in [4.69, 9.17) is 4.74 Å². The molecule has 0 bridgehead atoms. The molecule has 9 heteroatoms. The number of piperidine rings is 1. The monoisotopic (exact) mass is 473 g/mol. The smallest absolute Gasteiger partial charge is 0.279 e. The summed E-state index contributed by atoms with van der Waals surface area (Å²) in [6.07, 6.45) is 2.79. The molecule has 170 valence electrons. The van der Waals surface area contributed by atoms with E-state index in [0.717, 1.165) is 35.2 Å². The normalized spacial score (nSPS) is 18.2. The molecule has 7 nitrogen and oxygen atoms in total. The van der Waals surface area contributed by atoms with Crippen molar-refractivity contribution in [3.8, 4) is 5.75 Å². The fourth-order valence-electron chi connectivity index (χ4n) is 3.96. The van der Waals surface area contributed by atoms with Crippen molar-refractivity contribution < 1.29 is 17.9 Å². The molecule has 32 heavy (non-hydrogen) atoms. The van der Waals surface area contributed by atoms with Gasteiger partial charge in [0.15, 0.2) is 4.80 Å². The molecule has 4 rings (SSSR count). The Labute approximate surface area is 192 Å². The molecule has 0 N–H and O–H groups in total. The number of aromatic nitrogens is 1. The van der Waals surface area contributed by atoms with Crippen LogP contribution in [-0.4, -0.2) is 42.4 Å². The van der Waals surface area contributed by atoms with Crippen molar-refractivity contribution in [2.75, 3.05) is 13.2 Å². The number of rotatable bonds is 5. The Morgan fingerprint density at radius 2 is 1.94 bits per heavy atom. The Morgan fingerprint density at radius 1 is 1.19 bits per heavy atom. The van der Waals surface area contributed by atoms with Crippen molar-refractivity contribution in [3.05, 3.63) is 52.8 Å². The standard InChI is InChI=1S/C23H27N3O4S2/c1-4-30-18-10-13-20-21(15-18)31-23(25(20)3)24-22(27)17-8-11-19(12-9-17)32(28,29)26-14-6-5-7-16(26)2/h8-13,15-16H,4-7,14H2,1-3H3/t16-/m0/s1. The van der Waals surface area contributed by atoms with Crippen molar-refractivity contribution in [2.24, 2.45) is 12.0 Å². The number of aryl methyl sites for hydroxylation is 1. The lowest BCUT2D eigenvalue weighted by atomic mass is 10.1. The molecule has 1 aromatic heterocycles. The van der Waals surface area contributed by atoms with Crippen molar-refractivity contribution in [3.63, 3.8) is 0 Å². The summed E-state index contributed by atoms with van der Waals surface area (Å²) in [5.74, 6) is 0.368. The molecule has 1 atom stereocenters. The van der Waals surface area contributed by atoms with Gasteiger partial charge >= 0.3 is 0 Å². The first kappa shape index (κ1) is 22.7. The highest BCUT2D eigenvalue weighted by Crippen LogP contribution is 2.26. The molecular weight excluding hydrogens is 446 g/mol. The lowest BCUT2D eigenvalue weighted by Crippen LogP contribution is -2.41. The molecular formula is C23H27N3O4S2. The first-order valence-electron chi connectivity index (χ1n) is 10.7. The molecule has 3 aromatic rings. The number of sulfonamides is 1. The van der Waals surface area contributed by atoms with Crippen LogP contribution in [0.1, 0.15) is 43.5 Å². The Balaban J connectivity index is 1.60. The van der Waals surface area contributed by atoms with Gasteiger partial charge in [-0.2, -0.15) is 9.30 Å². The molecule has 0 saturated carbocycles. The van der Waals surface area contributed by atoms with Crippen LogP contribution in [0.4, 0.5) is 0 Å². The predicted octanol–water partition coefficient (Wildman–Crippen LogP) is 3.94. The number of carbonyl (C=O) groups is 1. The average Bonchev–Trinajstić information content (AvgIpc) is 3.08. The second kappa shape index (κ2) is 9.17. The fraction of sp³-hybridized carbons (Fsp3) is 0.391. The van der Waals surface area contributed by atoms with E-state index in [1.807, 2.05) is 43.7 Å². The maximum Gasteiger partial charge on any atom is 0.279 e. The van der Waals surface area contributed by atoms with Crippen LogP contribution < -0.4 is 9.54 Å². The molecule has 0 spiro atoms. The fourth-order valence-corrected chi connectivity index (χ4v) is 6.71. The third-order valence-electron chi connectivity index (χ3n) is 5.74. The summed E-state index contributed by atoms with van der Waals surface area (Å²) in [6.45, 7) is 4.99. The zero-order valence-corrected chi connectivity index (χ0v) is 20.1. The summed E-state index contributed by atoms with van der Waals surface area (Å²) in [5, 5.41) is 0. The molecule has 1 amide bonds. The summed E-state index contributed by atoms with van der Waals surface area (Å²) < 4.78 is 35.9. The van der Waals surface area contributed by atoms with Crippen LogP contribution in [0.25, 0.3) is 10.2 Å². The second-order valence-corrected chi connectivity index (χ2v) is 10.8. The van der Waals surface area contributed by atoms with E-state index >= 15 is 0 Å². The number of nitrogens with zero attached hydrogens (tertiary/aromatic N) is 3. The number of benzene rings is 2. The number of fused-ring (bicyclic) bond motifs is 1. The van der Waals surface area contributed by atoms with Crippen LogP contribution in [-0.2, 0) is 17.1 Å². The van der Waals surface area contributed by atoms with E-state index in [1.54, 1.807) is 4.31 Å². The van der Waals surface area contributed by atoms with Gasteiger partial charge in [0, 0.05) is 25.2 Å². The van der Waals surface area contributed by atoms with E-state index < -0.39 is 15.9 Å². The van der Waals surface area contributed by atoms with Gasteiger partial charge < -0.3 is 9.30 Å². The third-order valence-corrected chi connectivity index (χ3v) is 8.86. The summed E-state index contributed by atoms with van der Waals surface area (Å²) in [7, 11) is -1.71. The van der Waals surface area contributed by atoms with E-state index in [1.165, 1.54) is 35.6 Å². The van der Waals surface area contributed by atoms with Gasteiger partial charge in [0.25, 0.3) is 5.91 Å². The quantitative estimate of drug-likeness (QED) is 0.562. The van der Waals surface area contributed by atoms with E-state index in [2.05, 4.69) is 4.99 Å². The first-order valence-corrected chi connectivity index (χ1v) is 13.0. The average molecular weight is 474 g/mol. The van der Waals surface area contributed by atoms with Crippen LogP contribution in [0.15, 0.2) is 52.4 Å². The number of hydrogen-bond acceptors (Lipinski definition) is 5. The number of carbonyl (C=O) groups excluding carboxylic acids is 1. The lowest BCUT2D eigenvalue weighted by Gasteiger charge is -2.32. The zero-order valence-electron chi connectivity index (χ0n) is 18.4. The highest BCUT2D eigenvalue weighted by atomic mass is 32.2. The number of amides is 1. The van der Waals surface area contributed by atoms with Crippen LogP contribution in [0.3, 0.4) is 0 Å². The lowest BCUT2D eigenvalue weighted by molar-refractivity contribution is 0.0998. The number of ether oxygens (including phenoxy) is 1. The van der Waals surface area contributed by atoms with Gasteiger partial charge in [-0.15, -0.1) is 0 Å². The van der Waals surface area contributed by atoms with Gasteiger partial charge in [-0.1, -0.05) is 17.8 Å². The van der Waals surface area contributed by atoms with Gasteiger partial charge in [-0.05, 0) is 69.2 Å². The SMILES string of the molecule is CCOc1ccc2c(c1)sc(=NC(=O)c1ccc(S(=O)(=O)N3CCCC[C@@H]3C)cc1)n2C. The van der Waals surface area contributed by atoms with E-state index in [0.29, 0.717) is 23.5 Å². The summed E-state index contributed by atoms with van der Waals surface area (Å²) in [4.78, 5) is 17.8. The van der Waals surface area contributed by atoms with E-state index in [9.17, 15) is 13.2 Å². The van der Waals surface area contributed by atoms with Gasteiger partial charge in [-0.25, -0.2) is 8.42 Å². The predicted molar refractivity (Wildman–Crippen MR) is 126 cm³/mol. The highest BCUT2D eigenvalue weighted by Gasteiger charge is 2.30. The van der Waals surface area contributed by atoms with Crippen LogP contribution >= 0.6 is 11.3 Å². The van der Waals surface area contributed by atoms with Crippen LogP contribution in [0.2, 0.25) is 0 Å². The van der Waals surface area contributed by atoms with Gasteiger partial charge in [0.05, 0.1) is 21.7 Å². The Kier molecular flexibility index (Phi) is 6.50. The van der Waals surface area contributed by atoms with Crippen LogP contribution in [0.5, 0.6) is 5.75 Å². The first-order chi connectivity index (χ1) is 15.3. The molecule has 2 heterocycles. The van der Waals surface area contributed by atoms with Crippen molar-refractivity contribution in [1.29, 1.82) is 0 Å². The Bertz CT molecular complexity index is 1310. The van der Waals surface area contributed by atoms with Gasteiger partial charge in [0.1, 0.15) is 5.75 Å². The molecule has 1 aliphatic heterocycles. The molecule has 0 aliphatic carbocycles. The summed E-state index contributed by atoms with van der Waals surface area (Å²) in [5.41, 5.74) is 1.31. The highest BCUT2D eigenvalue weighted by molar-refractivity contribution is 7.89. The topological polar surface area (TPSA) is 81.0 Å². The zero-order chi connectivity index (χ0) is 22.9. The summed E-state index contributed by atoms with van der Waals surface area (Å²) >= 11 is 1.41. The second-order valence-electron chi connectivity index (χ2n) is 7.91. The van der Waals surface area contributed by atoms with Gasteiger partial charge in [0.2, 0.25) is 10.0 Å².